The smallest absolute Gasteiger partial charge is 0.0951 e. The minimum atomic E-state index is -0.0609. The van der Waals surface area contributed by atoms with Crippen molar-refractivity contribution >= 4 is 0 Å². The predicted octanol–water partition coefficient (Wildman–Crippen LogP) is 4.69. The summed E-state index contributed by atoms with van der Waals surface area (Å²) >= 11 is 0. The third-order valence-corrected chi connectivity index (χ3v) is 4.37. The molecule has 0 saturated carbocycles. The lowest BCUT2D eigenvalue weighted by Gasteiger charge is -2.16. The maximum Gasteiger partial charge on any atom is 0.0951 e. The van der Waals surface area contributed by atoms with Crippen molar-refractivity contribution in [3.8, 4) is 0 Å². The Bertz CT molecular complexity index is 755. The minimum absolute atomic E-state index is 0.0609. The lowest BCUT2D eigenvalue weighted by molar-refractivity contribution is 0.0456. The largest absolute Gasteiger partial charge is 0.368 e. The van der Waals surface area contributed by atoms with E-state index in [1.807, 2.05) is 18.2 Å². The van der Waals surface area contributed by atoms with Gasteiger partial charge in [-0.15, -0.1) is 0 Å². The molecule has 0 unspecified atom stereocenters. The first-order chi connectivity index (χ1) is 12.3. The van der Waals surface area contributed by atoms with Gasteiger partial charge in [0.05, 0.1) is 12.7 Å². The maximum absolute atomic E-state index is 6.06. The molecule has 0 fully saturated rings. The van der Waals surface area contributed by atoms with E-state index in [-0.39, 0.29) is 6.10 Å². The number of rotatable bonds is 8. The molecule has 0 bridgehead atoms. The van der Waals surface area contributed by atoms with Gasteiger partial charge in [-0.3, -0.25) is 0 Å². The Kier molecular flexibility index (Phi) is 6.38. The van der Waals surface area contributed by atoms with Crippen molar-refractivity contribution < 1.29 is 4.74 Å². The van der Waals surface area contributed by atoms with Crippen LogP contribution in [0, 0.1) is 0 Å². The van der Waals surface area contributed by atoms with Crippen LogP contribution in [0.2, 0.25) is 0 Å². The average Bonchev–Trinajstić information content (AvgIpc) is 2.69. The van der Waals surface area contributed by atoms with Crippen LogP contribution in [0.5, 0.6) is 0 Å². The molecule has 2 nitrogen and oxygen atoms in total. The van der Waals surface area contributed by atoms with Gasteiger partial charge < -0.3 is 10.5 Å². The summed E-state index contributed by atoms with van der Waals surface area (Å²) in [6, 6.07) is 29.4. The molecule has 2 N–H and O–H groups in total. The molecule has 0 amide bonds. The molecule has 1 atom stereocenters. The highest BCUT2D eigenvalue weighted by molar-refractivity contribution is 5.25. The van der Waals surface area contributed by atoms with E-state index in [4.69, 9.17) is 10.5 Å². The standard InChI is InChI=1S/C23H25NO/c24-17-23(22-12-5-2-6-13-22)25-18-21-11-7-10-20(16-21)15-14-19-8-3-1-4-9-19/h1-13,16,23H,14-15,17-18,24H2/t23-/m1/s1. The van der Waals surface area contributed by atoms with Crippen molar-refractivity contribution in [3.63, 3.8) is 0 Å². The van der Waals surface area contributed by atoms with Crippen LogP contribution in [-0.2, 0) is 24.2 Å². The minimum Gasteiger partial charge on any atom is -0.368 e. The second-order valence-electron chi connectivity index (χ2n) is 6.25. The number of hydrogen-bond acceptors (Lipinski definition) is 2. The summed E-state index contributed by atoms with van der Waals surface area (Å²) in [7, 11) is 0. The molecule has 0 radical (unpaired) electrons. The van der Waals surface area contributed by atoms with Crippen molar-refractivity contribution in [1.82, 2.24) is 0 Å². The zero-order valence-electron chi connectivity index (χ0n) is 14.5. The van der Waals surface area contributed by atoms with Gasteiger partial charge in [0.1, 0.15) is 0 Å². The zero-order chi connectivity index (χ0) is 17.3. The molecular weight excluding hydrogens is 306 g/mol. The highest BCUT2D eigenvalue weighted by Crippen LogP contribution is 2.18. The second kappa shape index (κ2) is 9.16. The third kappa shape index (κ3) is 5.28. The predicted molar refractivity (Wildman–Crippen MR) is 103 cm³/mol. The summed E-state index contributed by atoms with van der Waals surface area (Å²) in [4.78, 5) is 0. The van der Waals surface area contributed by atoms with E-state index in [1.165, 1.54) is 16.7 Å². The van der Waals surface area contributed by atoms with Crippen LogP contribution in [0.15, 0.2) is 84.9 Å². The zero-order valence-corrected chi connectivity index (χ0v) is 14.5. The molecule has 0 aliphatic heterocycles. The van der Waals surface area contributed by atoms with Gasteiger partial charge in [0, 0.05) is 6.54 Å². The fraction of sp³-hybridized carbons (Fsp3) is 0.217. The molecule has 0 aliphatic carbocycles. The van der Waals surface area contributed by atoms with E-state index in [9.17, 15) is 0 Å². The van der Waals surface area contributed by atoms with Crippen molar-refractivity contribution in [3.05, 3.63) is 107 Å². The van der Waals surface area contributed by atoms with Crippen molar-refractivity contribution in [2.45, 2.75) is 25.6 Å². The summed E-state index contributed by atoms with van der Waals surface area (Å²) in [6.45, 7) is 1.06. The molecule has 3 aromatic rings. The molecule has 3 aromatic carbocycles. The van der Waals surface area contributed by atoms with E-state index >= 15 is 0 Å². The SMILES string of the molecule is NC[C@@H](OCc1cccc(CCc2ccccc2)c1)c1ccccc1. The molecule has 128 valence electrons. The van der Waals surface area contributed by atoms with Crippen LogP contribution in [-0.4, -0.2) is 6.54 Å². The topological polar surface area (TPSA) is 35.2 Å². The summed E-state index contributed by atoms with van der Waals surface area (Å²) in [5.74, 6) is 0. The number of aryl methyl sites for hydroxylation is 2. The monoisotopic (exact) mass is 331 g/mol. The Morgan fingerprint density at radius 2 is 1.28 bits per heavy atom. The molecule has 25 heavy (non-hydrogen) atoms. The molecule has 0 saturated heterocycles. The van der Waals surface area contributed by atoms with E-state index in [0.29, 0.717) is 13.2 Å². The highest BCUT2D eigenvalue weighted by Gasteiger charge is 2.09. The Labute approximate surface area is 150 Å². The van der Waals surface area contributed by atoms with Gasteiger partial charge in [-0.05, 0) is 35.1 Å². The lowest BCUT2D eigenvalue weighted by Crippen LogP contribution is -2.15. The molecule has 0 aromatic heterocycles. The van der Waals surface area contributed by atoms with E-state index < -0.39 is 0 Å². The number of nitrogens with two attached hydrogens (primary N) is 1. The summed E-state index contributed by atoms with van der Waals surface area (Å²) in [5, 5.41) is 0. The summed E-state index contributed by atoms with van der Waals surface area (Å²) in [5.41, 5.74) is 10.9. The van der Waals surface area contributed by atoms with Gasteiger partial charge in [-0.1, -0.05) is 84.9 Å². The molecule has 0 heterocycles. The first-order valence-corrected chi connectivity index (χ1v) is 8.83. The Balaban J connectivity index is 1.58. The Morgan fingerprint density at radius 3 is 2.00 bits per heavy atom. The third-order valence-electron chi connectivity index (χ3n) is 4.37. The molecular formula is C23H25NO. The van der Waals surface area contributed by atoms with Gasteiger partial charge in [-0.25, -0.2) is 0 Å². The van der Waals surface area contributed by atoms with Crippen LogP contribution in [0.1, 0.15) is 28.4 Å². The van der Waals surface area contributed by atoms with Crippen LogP contribution < -0.4 is 5.73 Å². The first kappa shape index (κ1) is 17.4. The fourth-order valence-corrected chi connectivity index (χ4v) is 2.97. The second-order valence-corrected chi connectivity index (χ2v) is 6.25. The van der Waals surface area contributed by atoms with Gasteiger partial charge in [0.15, 0.2) is 0 Å². The van der Waals surface area contributed by atoms with Crippen molar-refractivity contribution in [1.29, 1.82) is 0 Å². The normalized spacial score (nSPS) is 12.0. The average molecular weight is 331 g/mol. The summed E-state index contributed by atoms with van der Waals surface area (Å²) in [6.07, 6.45) is 2.03. The van der Waals surface area contributed by atoms with Gasteiger partial charge in [-0.2, -0.15) is 0 Å². The quantitative estimate of drug-likeness (QED) is 0.650. The van der Waals surface area contributed by atoms with Gasteiger partial charge in [0.2, 0.25) is 0 Å². The highest BCUT2D eigenvalue weighted by atomic mass is 16.5. The van der Waals surface area contributed by atoms with Crippen LogP contribution >= 0.6 is 0 Å². The maximum atomic E-state index is 6.06. The van der Waals surface area contributed by atoms with Crippen molar-refractivity contribution in [2.24, 2.45) is 5.73 Å². The van der Waals surface area contributed by atoms with Crippen LogP contribution in [0.3, 0.4) is 0 Å². The Morgan fingerprint density at radius 1 is 0.680 bits per heavy atom. The van der Waals surface area contributed by atoms with Gasteiger partial charge in [0.25, 0.3) is 0 Å². The van der Waals surface area contributed by atoms with Gasteiger partial charge >= 0.3 is 0 Å². The molecule has 0 aliphatic rings. The van der Waals surface area contributed by atoms with E-state index in [0.717, 1.165) is 18.4 Å². The molecule has 3 rings (SSSR count). The van der Waals surface area contributed by atoms with E-state index in [2.05, 4.69) is 66.7 Å². The van der Waals surface area contributed by atoms with Crippen LogP contribution in [0.25, 0.3) is 0 Å². The first-order valence-electron chi connectivity index (χ1n) is 8.83. The van der Waals surface area contributed by atoms with Crippen molar-refractivity contribution in [2.75, 3.05) is 6.54 Å². The number of hydrogen-bond donors (Lipinski definition) is 1. The fourth-order valence-electron chi connectivity index (χ4n) is 2.97. The lowest BCUT2D eigenvalue weighted by atomic mass is 10.0. The van der Waals surface area contributed by atoms with Crippen LogP contribution in [0.4, 0.5) is 0 Å². The number of ether oxygens (including phenoxy) is 1. The number of benzene rings is 3. The molecule has 0 spiro atoms. The summed E-state index contributed by atoms with van der Waals surface area (Å²) < 4.78 is 6.06. The molecule has 2 heteroatoms. The Hall–Kier alpha value is -2.42. The van der Waals surface area contributed by atoms with E-state index in [1.54, 1.807) is 0 Å².